The standard InChI is InChI=1S/C11H11F3N2O2S3/c1-5-6(3-7(21-5)8(19)18-2)15-9-16-10(17,4-20-9)11(12,13)14/h3,17H,4H2,1-2H3,(H,15,16). The molecule has 0 aromatic carbocycles. The first kappa shape index (κ1) is 16.5. The van der Waals surface area contributed by atoms with Crippen molar-refractivity contribution in [3.63, 3.8) is 0 Å². The number of thiophene rings is 1. The van der Waals surface area contributed by atoms with E-state index < -0.39 is 17.7 Å². The zero-order valence-electron chi connectivity index (χ0n) is 10.9. The molecule has 21 heavy (non-hydrogen) atoms. The van der Waals surface area contributed by atoms with Crippen LogP contribution in [0.1, 0.15) is 9.75 Å². The third-order valence-electron chi connectivity index (χ3n) is 2.70. The molecule has 0 fully saturated rings. The third-order valence-corrected chi connectivity index (χ3v) is 5.28. The van der Waals surface area contributed by atoms with E-state index in [9.17, 15) is 18.3 Å². The van der Waals surface area contributed by atoms with Crippen molar-refractivity contribution in [2.75, 3.05) is 18.2 Å². The van der Waals surface area contributed by atoms with Gasteiger partial charge in [0, 0.05) is 4.88 Å². The fraction of sp³-hybridized carbons (Fsp3) is 0.455. The van der Waals surface area contributed by atoms with Gasteiger partial charge in [-0.25, -0.2) is 4.99 Å². The Hall–Kier alpha value is -0.840. The molecule has 1 atom stereocenters. The summed E-state index contributed by atoms with van der Waals surface area (Å²) in [7, 11) is 1.45. The Morgan fingerprint density at radius 2 is 2.24 bits per heavy atom. The molecule has 10 heteroatoms. The number of methoxy groups -OCH3 is 1. The summed E-state index contributed by atoms with van der Waals surface area (Å²) in [5.74, 6) is -0.564. The number of amidine groups is 1. The van der Waals surface area contributed by atoms with Gasteiger partial charge in [0.2, 0.25) is 5.05 Å². The number of nitrogens with zero attached hydrogens (tertiary/aromatic N) is 1. The van der Waals surface area contributed by atoms with E-state index in [2.05, 4.69) is 10.3 Å². The smallest absolute Gasteiger partial charge is 0.439 e. The van der Waals surface area contributed by atoms with E-state index in [4.69, 9.17) is 17.0 Å². The molecule has 2 N–H and O–H groups in total. The fourth-order valence-electron chi connectivity index (χ4n) is 1.53. The van der Waals surface area contributed by atoms with E-state index >= 15 is 0 Å². The van der Waals surface area contributed by atoms with Gasteiger partial charge in [-0.3, -0.25) is 0 Å². The highest BCUT2D eigenvalue weighted by Crippen LogP contribution is 2.40. The summed E-state index contributed by atoms with van der Waals surface area (Å²) in [4.78, 5) is 4.87. The van der Waals surface area contributed by atoms with Crippen LogP contribution in [-0.4, -0.2) is 40.1 Å². The molecule has 4 nitrogen and oxygen atoms in total. The van der Waals surface area contributed by atoms with Gasteiger partial charge < -0.3 is 15.2 Å². The van der Waals surface area contributed by atoms with Gasteiger partial charge in [0.1, 0.15) is 0 Å². The van der Waals surface area contributed by atoms with Crippen LogP contribution in [0.2, 0.25) is 0 Å². The van der Waals surface area contributed by atoms with Crippen LogP contribution in [0.5, 0.6) is 0 Å². The molecule has 0 amide bonds. The summed E-state index contributed by atoms with van der Waals surface area (Å²) in [5.41, 5.74) is -2.44. The van der Waals surface area contributed by atoms with Gasteiger partial charge in [0.15, 0.2) is 5.17 Å². The molecule has 0 radical (unpaired) electrons. The average molecular weight is 356 g/mol. The molecule has 0 spiro atoms. The molecule has 1 aliphatic heterocycles. The van der Waals surface area contributed by atoms with Crippen LogP contribution < -0.4 is 5.32 Å². The number of aryl methyl sites for hydroxylation is 1. The van der Waals surface area contributed by atoms with Gasteiger partial charge in [-0.05, 0) is 25.2 Å². The topological polar surface area (TPSA) is 53.8 Å². The minimum absolute atomic E-state index is 0.0191. The first-order valence-corrected chi connectivity index (χ1v) is 7.85. The van der Waals surface area contributed by atoms with Crippen molar-refractivity contribution in [2.24, 2.45) is 4.99 Å². The Kier molecular flexibility index (Phi) is 4.52. The molecule has 0 bridgehead atoms. The van der Waals surface area contributed by atoms with Gasteiger partial charge >= 0.3 is 6.18 Å². The summed E-state index contributed by atoms with van der Waals surface area (Å²) in [6.45, 7) is 1.80. The number of nitrogens with one attached hydrogen (secondary N) is 1. The van der Waals surface area contributed by atoms with Crippen LogP contribution in [0.25, 0.3) is 0 Å². The maximum Gasteiger partial charge on any atom is 0.439 e. The largest absolute Gasteiger partial charge is 0.486 e. The molecule has 0 saturated carbocycles. The van der Waals surface area contributed by atoms with Gasteiger partial charge in [-0.2, -0.15) is 13.2 Å². The number of anilines is 1. The van der Waals surface area contributed by atoms with Gasteiger partial charge in [0.25, 0.3) is 5.72 Å². The van der Waals surface area contributed by atoms with Crippen molar-refractivity contribution in [1.82, 2.24) is 0 Å². The highest BCUT2D eigenvalue weighted by molar-refractivity contribution is 8.14. The van der Waals surface area contributed by atoms with Crippen LogP contribution in [0.15, 0.2) is 11.1 Å². The third kappa shape index (κ3) is 3.33. The number of alkyl halides is 3. The van der Waals surface area contributed by atoms with E-state index in [0.29, 0.717) is 15.6 Å². The number of aliphatic hydroxyl groups is 1. The van der Waals surface area contributed by atoms with Crippen LogP contribution >= 0.6 is 35.3 Å². The van der Waals surface area contributed by atoms with E-state index in [1.165, 1.54) is 18.4 Å². The zero-order chi connectivity index (χ0) is 15.8. The average Bonchev–Trinajstić information content (AvgIpc) is 2.94. The Balaban J connectivity index is 2.19. The number of thioether (sulfide) groups is 1. The molecule has 2 heterocycles. The van der Waals surface area contributed by atoms with Crippen LogP contribution in [-0.2, 0) is 4.74 Å². The van der Waals surface area contributed by atoms with Crippen molar-refractivity contribution in [3.8, 4) is 0 Å². The highest BCUT2D eigenvalue weighted by atomic mass is 32.2. The summed E-state index contributed by atoms with van der Waals surface area (Å²) >= 11 is 7.17. The number of hydrogen-bond donors (Lipinski definition) is 2. The lowest BCUT2D eigenvalue weighted by Crippen LogP contribution is -2.43. The van der Waals surface area contributed by atoms with Crippen molar-refractivity contribution in [1.29, 1.82) is 0 Å². The van der Waals surface area contributed by atoms with Gasteiger partial charge in [0.05, 0.1) is 23.4 Å². The van der Waals surface area contributed by atoms with E-state index in [-0.39, 0.29) is 5.17 Å². The second-order valence-electron chi connectivity index (χ2n) is 4.22. The number of halogens is 3. The summed E-state index contributed by atoms with van der Waals surface area (Å²) < 4.78 is 42.9. The van der Waals surface area contributed by atoms with E-state index in [0.717, 1.165) is 16.6 Å². The lowest BCUT2D eigenvalue weighted by molar-refractivity contribution is -0.245. The first-order valence-electron chi connectivity index (χ1n) is 5.64. The second kappa shape index (κ2) is 5.75. The number of thiocarbonyl (C=S) groups is 1. The summed E-state index contributed by atoms with van der Waals surface area (Å²) in [6.07, 6.45) is -4.80. The highest BCUT2D eigenvalue weighted by Gasteiger charge is 2.57. The molecule has 0 saturated heterocycles. The van der Waals surface area contributed by atoms with Crippen molar-refractivity contribution in [2.45, 2.75) is 18.8 Å². The van der Waals surface area contributed by atoms with Gasteiger partial charge in [-0.15, -0.1) is 11.3 Å². The molecule has 1 unspecified atom stereocenters. The number of aliphatic imine (C=N–C) groups is 1. The van der Waals surface area contributed by atoms with E-state index in [1.54, 1.807) is 13.0 Å². The van der Waals surface area contributed by atoms with Crippen molar-refractivity contribution < 1.29 is 23.0 Å². The quantitative estimate of drug-likeness (QED) is 0.798. The molecule has 1 aliphatic rings. The van der Waals surface area contributed by atoms with Crippen LogP contribution in [0.3, 0.4) is 0 Å². The van der Waals surface area contributed by atoms with Crippen molar-refractivity contribution >= 4 is 51.2 Å². The SMILES string of the molecule is COC(=S)c1cc(NC2=NC(O)(C(F)(F)F)CS2)c(C)s1. The molecular formula is C11H11F3N2O2S3. The second-order valence-corrected chi connectivity index (χ2v) is 6.81. The molecular weight excluding hydrogens is 345 g/mol. The molecule has 0 aliphatic carbocycles. The number of rotatable bonds is 2. The maximum absolute atomic E-state index is 12.7. The Labute approximate surface area is 132 Å². The van der Waals surface area contributed by atoms with Crippen LogP contribution in [0, 0.1) is 6.92 Å². The Morgan fingerprint density at radius 3 is 2.76 bits per heavy atom. The number of ether oxygens (including phenoxy) is 1. The molecule has 2 rings (SSSR count). The molecule has 1 aromatic heterocycles. The minimum Gasteiger partial charge on any atom is -0.486 e. The molecule has 116 valence electrons. The predicted octanol–water partition coefficient (Wildman–Crippen LogP) is 3.14. The summed E-state index contributed by atoms with van der Waals surface area (Å²) in [5, 5.41) is 12.6. The maximum atomic E-state index is 12.7. The predicted molar refractivity (Wildman–Crippen MR) is 82.3 cm³/mol. The van der Waals surface area contributed by atoms with E-state index in [1.807, 2.05) is 0 Å². The zero-order valence-corrected chi connectivity index (χ0v) is 13.4. The lowest BCUT2D eigenvalue weighted by Gasteiger charge is -2.20. The van der Waals surface area contributed by atoms with Gasteiger partial charge in [-0.1, -0.05) is 11.8 Å². The molecule has 1 aromatic rings. The normalized spacial score (nSPS) is 22.1. The first-order chi connectivity index (χ1) is 9.66. The van der Waals surface area contributed by atoms with Crippen molar-refractivity contribution in [3.05, 3.63) is 15.8 Å². The fourth-order valence-corrected chi connectivity index (χ4v) is 3.57. The Morgan fingerprint density at radius 1 is 1.57 bits per heavy atom. The van der Waals surface area contributed by atoms with Crippen LogP contribution in [0.4, 0.5) is 18.9 Å². The monoisotopic (exact) mass is 356 g/mol. The lowest BCUT2D eigenvalue weighted by atomic mass is 10.3. The Bertz CT molecular complexity index is 600. The minimum atomic E-state index is -4.80. The number of hydrogen-bond acceptors (Lipinski definition) is 7. The summed E-state index contributed by atoms with van der Waals surface area (Å²) in [6, 6.07) is 1.68.